The zero-order valence-corrected chi connectivity index (χ0v) is 17.0. The molecule has 1 amide bonds. The van der Waals surface area contributed by atoms with E-state index in [1.807, 2.05) is 37.3 Å². The molecule has 2 aromatic carbocycles. The van der Waals surface area contributed by atoms with Crippen molar-refractivity contribution in [2.75, 3.05) is 6.61 Å². The fourth-order valence-corrected chi connectivity index (χ4v) is 3.22. The Bertz CT molecular complexity index is 1150. The number of hydrogen-bond donors (Lipinski definition) is 2. The molecule has 0 aliphatic rings. The van der Waals surface area contributed by atoms with Gasteiger partial charge in [0.25, 0.3) is 5.91 Å². The van der Waals surface area contributed by atoms with Crippen LogP contribution in [0.25, 0.3) is 11.0 Å². The first kappa shape index (κ1) is 21.1. The molecule has 0 saturated heterocycles. The van der Waals surface area contributed by atoms with Crippen molar-refractivity contribution in [3.8, 4) is 5.75 Å². The highest BCUT2D eigenvalue weighted by Gasteiger charge is 2.17. The van der Waals surface area contributed by atoms with Gasteiger partial charge in [-0.2, -0.15) is 0 Å². The number of carbonyl (C=O) groups excluding carboxylic acids is 1. The fraction of sp³-hybridized carbons (Fsp3) is 0.261. The molecule has 1 atom stereocenters. The number of rotatable bonds is 7. The van der Waals surface area contributed by atoms with Crippen molar-refractivity contribution < 1.29 is 23.8 Å². The van der Waals surface area contributed by atoms with E-state index in [0.29, 0.717) is 28.9 Å². The molecule has 1 heterocycles. The summed E-state index contributed by atoms with van der Waals surface area (Å²) in [6, 6.07) is 12.2. The van der Waals surface area contributed by atoms with Crippen LogP contribution in [0.1, 0.15) is 29.2 Å². The van der Waals surface area contributed by atoms with Crippen molar-refractivity contribution in [2.45, 2.75) is 33.2 Å². The van der Waals surface area contributed by atoms with E-state index in [2.05, 4.69) is 5.32 Å². The first-order valence-electron chi connectivity index (χ1n) is 9.52. The molecule has 3 rings (SSSR count). The Kier molecular flexibility index (Phi) is 6.20. The van der Waals surface area contributed by atoms with Gasteiger partial charge in [-0.05, 0) is 44.0 Å². The van der Waals surface area contributed by atoms with E-state index >= 15 is 0 Å². The summed E-state index contributed by atoms with van der Waals surface area (Å²) in [5.74, 6) is -1.30. The zero-order chi connectivity index (χ0) is 21.8. The summed E-state index contributed by atoms with van der Waals surface area (Å²) in [7, 11) is 0. The summed E-state index contributed by atoms with van der Waals surface area (Å²) in [6.45, 7) is 4.65. The van der Waals surface area contributed by atoms with E-state index in [-0.39, 0.29) is 6.61 Å². The van der Waals surface area contributed by atoms with E-state index < -0.39 is 23.5 Å². The number of nitrogens with one attached hydrogen (secondary N) is 1. The minimum absolute atomic E-state index is 0.348. The highest BCUT2D eigenvalue weighted by molar-refractivity contribution is 5.86. The minimum Gasteiger partial charge on any atom is -0.483 e. The quantitative estimate of drug-likeness (QED) is 0.581. The second-order valence-corrected chi connectivity index (χ2v) is 7.14. The molecule has 0 aliphatic heterocycles. The van der Waals surface area contributed by atoms with Crippen molar-refractivity contribution in [3.05, 3.63) is 75.1 Å². The standard InChI is InChI=1S/C23H23NO6/c1-13-17-9-10-19(29-12-20(25)24-15(3)22(26)27)14(2)21(17)30-23(28)18(13)11-16-7-5-4-6-8-16/h4-10,15H,11-12H2,1-3H3,(H,24,25)(H,26,27)/t15-/m0/s1. The number of ether oxygens (including phenoxy) is 1. The van der Waals surface area contributed by atoms with Crippen molar-refractivity contribution in [1.82, 2.24) is 5.32 Å². The lowest BCUT2D eigenvalue weighted by Gasteiger charge is -2.14. The Hall–Kier alpha value is -3.61. The van der Waals surface area contributed by atoms with Gasteiger partial charge < -0.3 is 19.6 Å². The maximum atomic E-state index is 12.6. The molecular formula is C23H23NO6. The van der Waals surface area contributed by atoms with Gasteiger partial charge in [0.05, 0.1) is 0 Å². The van der Waals surface area contributed by atoms with Gasteiger partial charge in [0.1, 0.15) is 17.4 Å². The minimum atomic E-state index is -1.13. The number of hydrogen-bond acceptors (Lipinski definition) is 5. The average molecular weight is 409 g/mol. The second kappa shape index (κ2) is 8.82. The van der Waals surface area contributed by atoms with E-state index in [0.717, 1.165) is 16.5 Å². The summed E-state index contributed by atoms with van der Waals surface area (Å²) >= 11 is 0. The van der Waals surface area contributed by atoms with Crippen LogP contribution in [0.15, 0.2) is 51.7 Å². The van der Waals surface area contributed by atoms with Crippen LogP contribution in [-0.4, -0.2) is 29.6 Å². The molecule has 30 heavy (non-hydrogen) atoms. The molecule has 156 valence electrons. The van der Waals surface area contributed by atoms with Crippen LogP contribution in [-0.2, 0) is 16.0 Å². The molecule has 3 aromatic rings. The number of carboxylic acids is 1. The van der Waals surface area contributed by atoms with Gasteiger partial charge in [-0.3, -0.25) is 9.59 Å². The van der Waals surface area contributed by atoms with Gasteiger partial charge in [-0.1, -0.05) is 30.3 Å². The third kappa shape index (κ3) is 4.51. The lowest BCUT2D eigenvalue weighted by Crippen LogP contribution is -2.40. The van der Waals surface area contributed by atoms with Crippen LogP contribution in [0.4, 0.5) is 0 Å². The molecule has 0 bridgehead atoms. The largest absolute Gasteiger partial charge is 0.483 e. The maximum absolute atomic E-state index is 12.6. The lowest BCUT2D eigenvalue weighted by atomic mass is 9.98. The van der Waals surface area contributed by atoms with Crippen molar-refractivity contribution in [2.24, 2.45) is 0 Å². The smallest absolute Gasteiger partial charge is 0.340 e. The van der Waals surface area contributed by atoms with Crippen LogP contribution < -0.4 is 15.7 Å². The number of amides is 1. The van der Waals surface area contributed by atoms with E-state index in [9.17, 15) is 14.4 Å². The first-order valence-corrected chi connectivity index (χ1v) is 9.52. The van der Waals surface area contributed by atoms with Crippen LogP contribution in [0.3, 0.4) is 0 Å². The van der Waals surface area contributed by atoms with Crippen LogP contribution >= 0.6 is 0 Å². The molecule has 0 spiro atoms. The number of carboxylic acid groups (broad SMARTS) is 1. The number of aryl methyl sites for hydroxylation is 2. The SMILES string of the molecule is Cc1c(Cc2ccccc2)c(=O)oc2c(C)c(OCC(=O)N[C@@H](C)C(=O)O)ccc12. The van der Waals surface area contributed by atoms with E-state index in [4.69, 9.17) is 14.3 Å². The van der Waals surface area contributed by atoms with Gasteiger partial charge >= 0.3 is 11.6 Å². The third-order valence-electron chi connectivity index (χ3n) is 4.98. The van der Waals surface area contributed by atoms with Gasteiger partial charge in [0.15, 0.2) is 6.61 Å². The van der Waals surface area contributed by atoms with E-state index in [1.165, 1.54) is 6.92 Å². The fourth-order valence-electron chi connectivity index (χ4n) is 3.22. The van der Waals surface area contributed by atoms with Gasteiger partial charge in [0.2, 0.25) is 0 Å². The molecule has 0 aliphatic carbocycles. The summed E-state index contributed by atoms with van der Waals surface area (Å²) in [5.41, 5.74) is 3.06. The summed E-state index contributed by atoms with van der Waals surface area (Å²) in [6.07, 6.45) is 0.476. The van der Waals surface area contributed by atoms with Crippen LogP contribution in [0.2, 0.25) is 0 Å². The van der Waals surface area contributed by atoms with Crippen LogP contribution in [0, 0.1) is 13.8 Å². The Balaban J connectivity index is 1.86. The van der Waals surface area contributed by atoms with Crippen LogP contribution in [0.5, 0.6) is 5.75 Å². The highest BCUT2D eigenvalue weighted by Crippen LogP contribution is 2.30. The van der Waals surface area contributed by atoms with E-state index in [1.54, 1.807) is 19.1 Å². The Labute approximate surface area is 173 Å². The monoisotopic (exact) mass is 409 g/mol. The Morgan fingerprint density at radius 2 is 1.80 bits per heavy atom. The molecule has 7 nitrogen and oxygen atoms in total. The molecular weight excluding hydrogens is 386 g/mol. The molecule has 1 aromatic heterocycles. The second-order valence-electron chi connectivity index (χ2n) is 7.14. The predicted molar refractivity (Wildman–Crippen MR) is 112 cm³/mol. The lowest BCUT2D eigenvalue weighted by molar-refractivity contribution is -0.141. The molecule has 0 saturated carbocycles. The van der Waals surface area contributed by atoms with Crippen molar-refractivity contribution in [3.63, 3.8) is 0 Å². The van der Waals surface area contributed by atoms with Crippen molar-refractivity contribution in [1.29, 1.82) is 0 Å². The Morgan fingerprint density at radius 3 is 2.47 bits per heavy atom. The Morgan fingerprint density at radius 1 is 1.10 bits per heavy atom. The number of carbonyl (C=O) groups is 2. The molecule has 0 unspecified atom stereocenters. The molecule has 0 radical (unpaired) electrons. The summed E-state index contributed by atoms with van der Waals surface area (Å²) < 4.78 is 11.1. The van der Waals surface area contributed by atoms with Gasteiger partial charge in [-0.25, -0.2) is 4.79 Å². The maximum Gasteiger partial charge on any atom is 0.340 e. The van der Waals surface area contributed by atoms with Crippen molar-refractivity contribution >= 4 is 22.8 Å². The summed E-state index contributed by atoms with van der Waals surface area (Å²) in [4.78, 5) is 35.3. The molecule has 2 N–H and O–H groups in total. The van der Waals surface area contributed by atoms with Gasteiger partial charge in [0, 0.05) is 22.9 Å². The summed E-state index contributed by atoms with van der Waals surface area (Å²) in [5, 5.41) is 12.0. The average Bonchev–Trinajstić information content (AvgIpc) is 2.71. The van der Waals surface area contributed by atoms with Gasteiger partial charge in [-0.15, -0.1) is 0 Å². The normalized spacial score (nSPS) is 11.8. The molecule has 7 heteroatoms. The highest BCUT2D eigenvalue weighted by atomic mass is 16.5. The number of benzene rings is 2. The first-order chi connectivity index (χ1) is 14.3. The third-order valence-corrected chi connectivity index (χ3v) is 4.98. The zero-order valence-electron chi connectivity index (χ0n) is 17.0. The number of aliphatic carboxylic acids is 1. The topological polar surface area (TPSA) is 106 Å². The predicted octanol–water partition coefficient (Wildman–Crippen LogP) is 2.97. The molecule has 0 fully saturated rings. The number of fused-ring (bicyclic) bond motifs is 1.